The van der Waals surface area contributed by atoms with E-state index < -0.39 is 0 Å². The largest absolute Gasteiger partial charge is 0.490 e. The van der Waals surface area contributed by atoms with E-state index in [1.807, 2.05) is 27.0 Å². The minimum Gasteiger partial charge on any atom is -0.490 e. The Morgan fingerprint density at radius 2 is 1.86 bits per heavy atom. The minimum atomic E-state index is 0.548. The zero-order chi connectivity index (χ0) is 20.9. The van der Waals surface area contributed by atoms with Gasteiger partial charge >= 0.3 is 0 Å². The lowest BCUT2D eigenvalue weighted by Crippen LogP contribution is -2.44. The van der Waals surface area contributed by atoms with Gasteiger partial charge in [-0.25, -0.2) is 0 Å². The van der Waals surface area contributed by atoms with E-state index in [1.54, 1.807) is 0 Å². The van der Waals surface area contributed by atoms with Crippen LogP contribution in [0, 0.1) is 5.92 Å². The molecule has 0 aliphatic carbocycles. The van der Waals surface area contributed by atoms with Crippen LogP contribution < -0.4 is 20.1 Å². The SMILES string of the molecule is CCOc1ccc(CCNC(=NC)NCC(C)CN2CCOCC2)cc1OCC. The third-order valence-electron chi connectivity index (χ3n) is 4.83. The predicted octanol–water partition coefficient (Wildman–Crippen LogP) is 2.16. The number of nitrogens with zero attached hydrogens (tertiary/aromatic N) is 2. The zero-order valence-corrected chi connectivity index (χ0v) is 18.5. The van der Waals surface area contributed by atoms with Crippen LogP contribution in [0.4, 0.5) is 0 Å². The fourth-order valence-electron chi connectivity index (χ4n) is 3.36. The number of benzene rings is 1. The smallest absolute Gasteiger partial charge is 0.190 e. The molecule has 2 rings (SSSR count). The van der Waals surface area contributed by atoms with Gasteiger partial charge in [-0.15, -0.1) is 0 Å². The summed E-state index contributed by atoms with van der Waals surface area (Å²) in [6.07, 6.45) is 0.885. The second-order valence-electron chi connectivity index (χ2n) is 7.30. The van der Waals surface area contributed by atoms with Gasteiger partial charge in [-0.1, -0.05) is 13.0 Å². The average molecular weight is 407 g/mol. The Bertz CT molecular complexity index is 618. The summed E-state index contributed by atoms with van der Waals surface area (Å²) < 4.78 is 16.8. The molecule has 7 heteroatoms. The number of guanidine groups is 1. The van der Waals surface area contributed by atoms with Gasteiger partial charge in [0.05, 0.1) is 26.4 Å². The van der Waals surface area contributed by atoms with Crippen LogP contribution in [0.5, 0.6) is 11.5 Å². The van der Waals surface area contributed by atoms with Crippen LogP contribution >= 0.6 is 0 Å². The predicted molar refractivity (Wildman–Crippen MR) is 118 cm³/mol. The summed E-state index contributed by atoms with van der Waals surface area (Å²) in [6, 6.07) is 6.15. The Kier molecular flexibility index (Phi) is 10.7. The molecule has 7 nitrogen and oxygen atoms in total. The van der Waals surface area contributed by atoms with Gasteiger partial charge in [-0.2, -0.15) is 0 Å². The number of rotatable bonds is 11. The molecule has 1 heterocycles. The highest BCUT2D eigenvalue weighted by molar-refractivity contribution is 5.79. The normalized spacial score (nSPS) is 16.3. The molecule has 1 unspecified atom stereocenters. The molecule has 1 aromatic rings. The zero-order valence-electron chi connectivity index (χ0n) is 18.5. The van der Waals surface area contributed by atoms with Crippen molar-refractivity contribution in [2.45, 2.75) is 27.2 Å². The number of hydrogen-bond acceptors (Lipinski definition) is 5. The number of morpholine rings is 1. The van der Waals surface area contributed by atoms with Gasteiger partial charge in [0.15, 0.2) is 17.5 Å². The topological polar surface area (TPSA) is 67.4 Å². The first kappa shape index (κ1) is 23.3. The molecule has 0 spiro atoms. The molecule has 0 amide bonds. The van der Waals surface area contributed by atoms with Crippen molar-refractivity contribution in [2.24, 2.45) is 10.9 Å². The molecule has 0 radical (unpaired) electrons. The maximum atomic E-state index is 5.71. The molecular formula is C22H38N4O3. The van der Waals surface area contributed by atoms with E-state index in [9.17, 15) is 0 Å². The van der Waals surface area contributed by atoms with Gasteiger partial charge in [0.25, 0.3) is 0 Å². The van der Waals surface area contributed by atoms with E-state index in [0.717, 1.165) is 69.8 Å². The molecule has 0 bridgehead atoms. The van der Waals surface area contributed by atoms with Crippen molar-refractivity contribution < 1.29 is 14.2 Å². The van der Waals surface area contributed by atoms with Gasteiger partial charge in [0, 0.05) is 39.8 Å². The van der Waals surface area contributed by atoms with Crippen molar-refractivity contribution in [3.63, 3.8) is 0 Å². The second kappa shape index (κ2) is 13.3. The molecule has 1 atom stereocenters. The Labute approximate surface area is 175 Å². The molecule has 1 aliphatic rings. The summed E-state index contributed by atoms with van der Waals surface area (Å²) in [5.74, 6) is 3.00. The summed E-state index contributed by atoms with van der Waals surface area (Å²) >= 11 is 0. The van der Waals surface area contributed by atoms with E-state index in [1.165, 1.54) is 5.56 Å². The number of aliphatic imine (C=N–C) groups is 1. The third-order valence-corrected chi connectivity index (χ3v) is 4.83. The summed E-state index contributed by atoms with van der Waals surface area (Å²) in [4.78, 5) is 6.81. The van der Waals surface area contributed by atoms with Crippen LogP contribution in [-0.4, -0.2) is 77.1 Å². The number of hydrogen-bond donors (Lipinski definition) is 2. The Hall–Kier alpha value is -1.99. The molecule has 0 saturated carbocycles. The summed E-state index contributed by atoms with van der Waals surface area (Å²) in [5, 5.41) is 6.84. The lowest BCUT2D eigenvalue weighted by Gasteiger charge is -2.29. The number of ether oxygens (including phenoxy) is 3. The van der Waals surface area contributed by atoms with Crippen LogP contribution in [0.1, 0.15) is 26.3 Å². The van der Waals surface area contributed by atoms with E-state index >= 15 is 0 Å². The molecular weight excluding hydrogens is 368 g/mol. The van der Waals surface area contributed by atoms with Crippen molar-refractivity contribution in [3.05, 3.63) is 23.8 Å². The van der Waals surface area contributed by atoms with Gasteiger partial charge in [-0.3, -0.25) is 9.89 Å². The van der Waals surface area contributed by atoms with Crippen LogP contribution in [0.15, 0.2) is 23.2 Å². The van der Waals surface area contributed by atoms with E-state index in [4.69, 9.17) is 14.2 Å². The van der Waals surface area contributed by atoms with Gasteiger partial charge in [0.1, 0.15) is 0 Å². The first-order chi connectivity index (χ1) is 14.2. The standard InChI is InChI=1S/C22H38N4O3/c1-5-28-20-8-7-19(15-21(20)29-6-2)9-10-24-22(23-4)25-16-18(3)17-26-11-13-27-14-12-26/h7-8,15,18H,5-6,9-14,16-17H2,1-4H3,(H2,23,24,25). The first-order valence-corrected chi connectivity index (χ1v) is 10.8. The van der Waals surface area contributed by atoms with Crippen molar-refractivity contribution >= 4 is 5.96 Å². The highest BCUT2D eigenvalue weighted by Gasteiger charge is 2.14. The lowest BCUT2D eigenvalue weighted by atomic mass is 10.1. The maximum absolute atomic E-state index is 5.71. The van der Waals surface area contributed by atoms with Gasteiger partial charge < -0.3 is 24.8 Å². The van der Waals surface area contributed by atoms with Gasteiger partial charge in [-0.05, 0) is 43.9 Å². The quantitative estimate of drug-likeness (QED) is 0.434. The summed E-state index contributed by atoms with van der Waals surface area (Å²) in [5.41, 5.74) is 1.21. The first-order valence-electron chi connectivity index (χ1n) is 10.8. The fourth-order valence-corrected chi connectivity index (χ4v) is 3.36. The van der Waals surface area contributed by atoms with Crippen LogP contribution in [0.25, 0.3) is 0 Å². The molecule has 1 aromatic carbocycles. The fraction of sp³-hybridized carbons (Fsp3) is 0.682. The highest BCUT2D eigenvalue weighted by Crippen LogP contribution is 2.28. The lowest BCUT2D eigenvalue weighted by molar-refractivity contribution is 0.0320. The molecule has 1 aliphatic heterocycles. The molecule has 1 saturated heterocycles. The highest BCUT2D eigenvalue weighted by atomic mass is 16.5. The minimum absolute atomic E-state index is 0.548. The Morgan fingerprint density at radius 3 is 2.55 bits per heavy atom. The second-order valence-corrected chi connectivity index (χ2v) is 7.30. The summed E-state index contributed by atoms with van der Waals surface area (Å²) in [6.45, 7) is 14.0. The maximum Gasteiger partial charge on any atom is 0.190 e. The molecule has 2 N–H and O–H groups in total. The van der Waals surface area contributed by atoms with Crippen molar-refractivity contribution in [1.29, 1.82) is 0 Å². The van der Waals surface area contributed by atoms with Gasteiger partial charge in [0.2, 0.25) is 0 Å². The van der Waals surface area contributed by atoms with Crippen molar-refractivity contribution in [1.82, 2.24) is 15.5 Å². The molecule has 0 aromatic heterocycles. The van der Waals surface area contributed by atoms with Crippen LogP contribution in [0.2, 0.25) is 0 Å². The summed E-state index contributed by atoms with van der Waals surface area (Å²) in [7, 11) is 1.81. The van der Waals surface area contributed by atoms with Crippen LogP contribution in [0.3, 0.4) is 0 Å². The van der Waals surface area contributed by atoms with Crippen LogP contribution in [-0.2, 0) is 11.2 Å². The molecule has 164 valence electrons. The molecule has 1 fully saturated rings. The average Bonchev–Trinajstić information content (AvgIpc) is 2.73. The van der Waals surface area contributed by atoms with E-state index in [-0.39, 0.29) is 0 Å². The van der Waals surface area contributed by atoms with E-state index in [2.05, 4.69) is 39.6 Å². The third kappa shape index (κ3) is 8.50. The number of nitrogens with one attached hydrogen (secondary N) is 2. The Morgan fingerprint density at radius 1 is 1.14 bits per heavy atom. The monoisotopic (exact) mass is 406 g/mol. The van der Waals surface area contributed by atoms with Crippen molar-refractivity contribution in [2.75, 3.05) is 66.2 Å². The van der Waals surface area contributed by atoms with E-state index in [0.29, 0.717) is 19.1 Å². The Balaban J connectivity index is 1.74. The molecule has 29 heavy (non-hydrogen) atoms. The van der Waals surface area contributed by atoms with Crippen molar-refractivity contribution in [3.8, 4) is 11.5 Å².